The molecule has 1 saturated heterocycles. The van der Waals surface area contributed by atoms with Crippen LogP contribution in [0.15, 0.2) is 18.5 Å². The summed E-state index contributed by atoms with van der Waals surface area (Å²) >= 11 is 0. The summed E-state index contributed by atoms with van der Waals surface area (Å²) < 4.78 is 0. The summed E-state index contributed by atoms with van der Waals surface area (Å²) in [4.78, 5) is 34.5. The third-order valence-electron chi connectivity index (χ3n) is 5.21. The second-order valence-corrected chi connectivity index (χ2v) is 6.93. The van der Waals surface area contributed by atoms with Gasteiger partial charge in [-0.1, -0.05) is 6.92 Å². The second kappa shape index (κ2) is 7.33. The number of aromatic nitrogens is 2. The van der Waals surface area contributed by atoms with Gasteiger partial charge in [0.05, 0.1) is 17.6 Å². The molecule has 8 heteroatoms. The van der Waals surface area contributed by atoms with Crippen molar-refractivity contribution < 1.29 is 14.7 Å². The van der Waals surface area contributed by atoms with Gasteiger partial charge in [0.2, 0.25) is 6.41 Å². The van der Waals surface area contributed by atoms with Crippen LogP contribution in [0.5, 0.6) is 0 Å². The second-order valence-electron chi connectivity index (χ2n) is 6.93. The van der Waals surface area contributed by atoms with Crippen molar-refractivity contribution in [1.82, 2.24) is 14.9 Å². The van der Waals surface area contributed by atoms with Crippen molar-refractivity contribution in [3.05, 3.63) is 18.5 Å². The molecular weight excluding hydrogens is 334 g/mol. The first kappa shape index (κ1) is 18.2. The Morgan fingerprint density at radius 3 is 3.04 bits per heavy atom. The van der Waals surface area contributed by atoms with Gasteiger partial charge < -0.3 is 25.2 Å². The summed E-state index contributed by atoms with van der Waals surface area (Å²) in [5.41, 5.74) is 2.23. The Bertz CT molecular complexity index is 803. The molecule has 0 radical (unpaired) electrons. The average molecular weight is 359 g/mol. The van der Waals surface area contributed by atoms with Crippen molar-refractivity contribution in [2.24, 2.45) is 5.92 Å². The van der Waals surface area contributed by atoms with Gasteiger partial charge >= 0.3 is 0 Å². The van der Waals surface area contributed by atoms with E-state index in [1.165, 1.54) is 6.92 Å². The lowest BCUT2D eigenvalue weighted by Crippen LogP contribution is -2.54. The number of rotatable bonds is 5. The number of aliphatic hydroxyl groups is 1. The number of amides is 2. The van der Waals surface area contributed by atoms with Crippen LogP contribution in [0.4, 0.5) is 11.4 Å². The van der Waals surface area contributed by atoms with Crippen LogP contribution in [-0.4, -0.2) is 64.6 Å². The van der Waals surface area contributed by atoms with Crippen LogP contribution in [0.1, 0.15) is 20.3 Å². The Balaban J connectivity index is 1.96. The molecule has 0 aromatic carbocycles. The van der Waals surface area contributed by atoms with Gasteiger partial charge in [-0.15, -0.1) is 0 Å². The van der Waals surface area contributed by atoms with Gasteiger partial charge in [-0.05, 0) is 25.3 Å². The van der Waals surface area contributed by atoms with Crippen molar-refractivity contribution in [3.63, 3.8) is 0 Å². The summed E-state index contributed by atoms with van der Waals surface area (Å²) in [5, 5.41) is 13.3. The van der Waals surface area contributed by atoms with Crippen LogP contribution in [-0.2, 0) is 9.59 Å². The number of hydrogen-bond donors (Lipinski definition) is 3. The molecule has 2 aromatic heterocycles. The molecule has 26 heavy (non-hydrogen) atoms. The monoisotopic (exact) mass is 359 g/mol. The molecule has 3 unspecified atom stereocenters. The number of fused-ring (bicyclic) bond motifs is 1. The van der Waals surface area contributed by atoms with Crippen LogP contribution >= 0.6 is 0 Å². The van der Waals surface area contributed by atoms with Gasteiger partial charge in [-0.3, -0.25) is 9.59 Å². The Morgan fingerprint density at radius 2 is 2.35 bits per heavy atom. The molecule has 0 aliphatic carbocycles. The highest BCUT2D eigenvalue weighted by atomic mass is 16.3. The van der Waals surface area contributed by atoms with Crippen molar-refractivity contribution >= 4 is 34.7 Å². The summed E-state index contributed by atoms with van der Waals surface area (Å²) in [7, 11) is 1.97. The van der Waals surface area contributed by atoms with Gasteiger partial charge in [0.1, 0.15) is 11.8 Å². The summed E-state index contributed by atoms with van der Waals surface area (Å²) in [5.74, 6) is 0.104. The predicted octanol–water partition coefficient (Wildman–Crippen LogP) is 1.19. The smallest absolute Gasteiger partial charge is 0.251 e. The summed E-state index contributed by atoms with van der Waals surface area (Å²) in [6, 6.07) is 1.98. The van der Waals surface area contributed by atoms with Crippen LogP contribution in [0.25, 0.3) is 11.0 Å². The number of aliphatic hydroxyl groups excluding tert-OH is 1. The lowest BCUT2D eigenvalue weighted by atomic mass is 9.91. The average Bonchev–Trinajstić information content (AvgIpc) is 3.09. The number of nitrogens with one attached hydrogen (secondary N) is 2. The topological polar surface area (TPSA) is 102 Å². The number of nitrogens with zero attached hydrogens (tertiary/aromatic N) is 3. The highest BCUT2D eigenvalue weighted by Gasteiger charge is 2.34. The summed E-state index contributed by atoms with van der Waals surface area (Å²) in [6.07, 6.45) is 3.93. The van der Waals surface area contributed by atoms with Crippen molar-refractivity contribution in [2.75, 3.05) is 30.4 Å². The maximum absolute atomic E-state index is 12.2. The first-order valence-corrected chi connectivity index (χ1v) is 8.80. The molecule has 2 amide bonds. The molecule has 3 N–H and O–H groups in total. The van der Waals surface area contributed by atoms with E-state index >= 15 is 0 Å². The van der Waals surface area contributed by atoms with E-state index in [1.807, 2.05) is 19.3 Å². The largest absolute Gasteiger partial charge is 0.384 e. The Morgan fingerprint density at radius 1 is 1.58 bits per heavy atom. The molecule has 0 saturated carbocycles. The molecule has 140 valence electrons. The van der Waals surface area contributed by atoms with Crippen LogP contribution in [0.3, 0.4) is 0 Å². The fraction of sp³-hybridized carbons (Fsp3) is 0.500. The van der Waals surface area contributed by atoms with Crippen molar-refractivity contribution in [3.8, 4) is 0 Å². The maximum atomic E-state index is 12.2. The van der Waals surface area contributed by atoms with E-state index in [2.05, 4.69) is 27.1 Å². The molecule has 3 heterocycles. The molecule has 3 atom stereocenters. The van der Waals surface area contributed by atoms with E-state index in [0.29, 0.717) is 31.1 Å². The normalized spacial score (nSPS) is 21.5. The zero-order valence-electron chi connectivity index (χ0n) is 15.3. The minimum absolute atomic E-state index is 0.0548. The van der Waals surface area contributed by atoms with Gasteiger partial charge in [0.25, 0.3) is 5.91 Å². The third-order valence-corrected chi connectivity index (χ3v) is 5.21. The molecule has 2 aromatic rings. The minimum Gasteiger partial charge on any atom is -0.384 e. The summed E-state index contributed by atoms with van der Waals surface area (Å²) in [6.45, 7) is 4.83. The number of aromatic amines is 1. The molecular formula is C18H25N5O3. The van der Waals surface area contributed by atoms with E-state index < -0.39 is 6.10 Å². The third kappa shape index (κ3) is 3.24. The number of likely N-dealkylation sites (N-methyl/N-ethyl adjacent to an activating group) is 1. The number of H-pyrrole nitrogens is 1. The zero-order chi connectivity index (χ0) is 18.8. The van der Waals surface area contributed by atoms with E-state index in [9.17, 15) is 14.7 Å². The maximum Gasteiger partial charge on any atom is 0.251 e. The first-order chi connectivity index (χ1) is 12.4. The van der Waals surface area contributed by atoms with Crippen LogP contribution in [0.2, 0.25) is 0 Å². The molecule has 1 aliphatic heterocycles. The standard InChI is InChI=1S/C18H25N5O3/c1-11-5-7-23(18(26)12(2)25)9-15(11)22(3)16-13-4-6-19-17(13)20-8-14(16)21-10-24/h4,6,8,10-12,15,25H,5,7,9H2,1-3H3,(H,19,20)(H,21,24). The Labute approximate surface area is 152 Å². The van der Waals surface area contributed by atoms with Crippen molar-refractivity contribution in [1.29, 1.82) is 0 Å². The lowest BCUT2D eigenvalue weighted by molar-refractivity contribution is -0.141. The number of anilines is 2. The number of carbonyl (C=O) groups excluding carboxylic acids is 2. The quantitative estimate of drug-likeness (QED) is 0.696. The zero-order valence-corrected chi connectivity index (χ0v) is 15.3. The first-order valence-electron chi connectivity index (χ1n) is 8.80. The molecule has 0 spiro atoms. The van der Waals surface area contributed by atoms with E-state index in [4.69, 9.17) is 0 Å². The highest BCUT2D eigenvalue weighted by Crippen LogP contribution is 2.36. The van der Waals surface area contributed by atoms with Gasteiger partial charge in [0, 0.05) is 37.8 Å². The Hall–Kier alpha value is -2.61. The molecule has 1 aliphatic rings. The molecule has 8 nitrogen and oxygen atoms in total. The number of carbonyl (C=O) groups is 2. The fourth-order valence-corrected chi connectivity index (χ4v) is 3.73. The number of likely N-dealkylation sites (tertiary alicyclic amines) is 1. The van der Waals surface area contributed by atoms with Gasteiger partial charge in [-0.2, -0.15) is 0 Å². The highest BCUT2D eigenvalue weighted by molar-refractivity contribution is 5.99. The lowest BCUT2D eigenvalue weighted by Gasteiger charge is -2.43. The minimum atomic E-state index is -1.00. The van der Waals surface area contributed by atoms with Crippen LogP contribution in [0, 0.1) is 5.92 Å². The fourth-order valence-electron chi connectivity index (χ4n) is 3.73. The Kier molecular flexibility index (Phi) is 5.13. The van der Waals surface area contributed by atoms with Gasteiger partial charge in [0.15, 0.2) is 0 Å². The molecule has 1 fully saturated rings. The number of piperidine rings is 1. The number of hydrogen-bond acceptors (Lipinski definition) is 5. The van der Waals surface area contributed by atoms with Crippen molar-refractivity contribution in [2.45, 2.75) is 32.4 Å². The SMILES string of the molecule is CC(O)C(=O)N1CCC(C)C(N(C)c2c(NC=O)cnc3[nH]ccc23)C1. The van der Waals surface area contributed by atoms with Gasteiger partial charge in [-0.25, -0.2) is 4.98 Å². The molecule has 0 bridgehead atoms. The van der Waals surface area contributed by atoms with E-state index in [0.717, 1.165) is 23.1 Å². The van der Waals surface area contributed by atoms with E-state index in [1.54, 1.807) is 11.1 Å². The number of pyridine rings is 1. The molecule has 3 rings (SSSR count). The van der Waals surface area contributed by atoms with E-state index in [-0.39, 0.29) is 11.9 Å². The predicted molar refractivity (Wildman–Crippen MR) is 100 cm³/mol. The van der Waals surface area contributed by atoms with Crippen LogP contribution < -0.4 is 10.2 Å².